The number of carbonyl (C=O) groups is 2. The molecule has 33 heavy (non-hydrogen) atoms. The Morgan fingerprint density at radius 1 is 1.18 bits per heavy atom. The van der Waals surface area contributed by atoms with Gasteiger partial charge in [-0.3, -0.25) is 9.59 Å². The van der Waals surface area contributed by atoms with Crippen molar-refractivity contribution in [2.75, 3.05) is 14.2 Å². The first-order valence-corrected chi connectivity index (χ1v) is 11.6. The quantitative estimate of drug-likeness (QED) is 0.302. The van der Waals surface area contributed by atoms with Gasteiger partial charge in [-0.2, -0.15) is 0 Å². The molecule has 0 aromatic rings. The van der Waals surface area contributed by atoms with Gasteiger partial charge in [0.1, 0.15) is 6.10 Å². The SMILES string of the molecule is C=CC(=C)CC[C@]1(C)[C@H](C)C[C@H](OC)[C@@]23C(=C[C@H](OC(C)=O)C[C@@H]12)[C@@H](OC)O[C@H]3OC(C)=O. The van der Waals surface area contributed by atoms with Crippen LogP contribution in [0.3, 0.4) is 0 Å². The molecule has 0 amide bonds. The summed E-state index contributed by atoms with van der Waals surface area (Å²) in [6.45, 7) is 15.3. The summed E-state index contributed by atoms with van der Waals surface area (Å²) in [6, 6.07) is 0. The Balaban J connectivity index is 2.21. The number of rotatable bonds is 8. The second-order valence-electron chi connectivity index (χ2n) is 9.87. The van der Waals surface area contributed by atoms with Gasteiger partial charge in [-0.1, -0.05) is 38.7 Å². The molecule has 184 valence electrons. The molecule has 0 N–H and O–H groups in total. The Kier molecular flexibility index (Phi) is 7.56. The highest BCUT2D eigenvalue weighted by Crippen LogP contribution is 2.67. The van der Waals surface area contributed by atoms with Crippen LogP contribution in [-0.2, 0) is 33.3 Å². The first-order chi connectivity index (χ1) is 15.5. The molecule has 1 saturated carbocycles. The molecular weight excluding hydrogens is 424 g/mol. The van der Waals surface area contributed by atoms with Crippen molar-refractivity contribution in [1.82, 2.24) is 0 Å². The lowest BCUT2D eigenvalue weighted by atomic mass is 9.45. The molecule has 1 aliphatic heterocycles. The summed E-state index contributed by atoms with van der Waals surface area (Å²) in [5, 5.41) is 0. The van der Waals surface area contributed by atoms with Gasteiger partial charge in [0.15, 0.2) is 6.29 Å². The molecule has 1 spiro atoms. The standard InChI is InChI=1S/C26H38O7/c1-9-15(2)10-11-25(6)16(3)12-22(29-7)26-20(13-19(14-21(25)26)31-17(4)27)23(30-8)33-24(26)32-18(5)28/h9,13,16,19,21-24H,1-2,10-12,14H2,3-8H3/t16-,19+,21+,22+,23+,24-,25-,26-/m1/s1. The van der Waals surface area contributed by atoms with Crippen LogP contribution in [0.4, 0.5) is 0 Å². The summed E-state index contributed by atoms with van der Waals surface area (Å²) in [4.78, 5) is 24.0. The molecule has 0 bridgehead atoms. The average Bonchev–Trinajstić information content (AvgIpc) is 3.06. The van der Waals surface area contributed by atoms with Crippen LogP contribution in [-0.4, -0.2) is 50.9 Å². The molecule has 0 aromatic carbocycles. The summed E-state index contributed by atoms with van der Waals surface area (Å²) in [6.07, 6.45) is 4.40. The number of hydrogen-bond donors (Lipinski definition) is 0. The molecule has 0 unspecified atom stereocenters. The number of esters is 2. The highest BCUT2D eigenvalue weighted by Gasteiger charge is 2.71. The van der Waals surface area contributed by atoms with Crippen molar-refractivity contribution >= 4 is 11.9 Å². The Morgan fingerprint density at radius 3 is 2.39 bits per heavy atom. The topological polar surface area (TPSA) is 80.3 Å². The van der Waals surface area contributed by atoms with Gasteiger partial charge in [-0.05, 0) is 49.0 Å². The maximum atomic E-state index is 12.1. The van der Waals surface area contributed by atoms with E-state index in [1.807, 2.05) is 6.08 Å². The predicted molar refractivity (Wildman–Crippen MR) is 123 cm³/mol. The monoisotopic (exact) mass is 462 g/mol. The van der Waals surface area contributed by atoms with Gasteiger partial charge in [0.25, 0.3) is 0 Å². The van der Waals surface area contributed by atoms with Gasteiger partial charge >= 0.3 is 11.9 Å². The molecule has 2 aliphatic carbocycles. The predicted octanol–water partition coefficient (Wildman–Crippen LogP) is 4.33. The average molecular weight is 463 g/mol. The summed E-state index contributed by atoms with van der Waals surface area (Å²) < 4.78 is 29.5. The van der Waals surface area contributed by atoms with Crippen LogP contribution in [0.1, 0.15) is 53.4 Å². The highest BCUT2D eigenvalue weighted by molar-refractivity contribution is 5.67. The lowest BCUT2D eigenvalue weighted by molar-refractivity contribution is -0.258. The van der Waals surface area contributed by atoms with Crippen LogP contribution in [0.25, 0.3) is 0 Å². The molecule has 3 aliphatic rings. The number of carbonyl (C=O) groups excluding carboxylic acids is 2. The zero-order valence-electron chi connectivity index (χ0n) is 20.7. The van der Waals surface area contributed by atoms with Crippen LogP contribution < -0.4 is 0 Å². The third kappa shape index (κ3) is 4.31. The van der Waals surface area contributed by atoms with E-state index in [2.05, 4.69) is 27.0 Å². The van der Waals surface area contributed by atoms with Crippen LogP contribution in [0.15, 0.2) is 36.5 Å². The van der Waals surface area contributed by atoms with E-state index in [0.29, 0.717) is 6.42 Å². The molecular formula is C26H38O7. The van der Waals surface area contributed by atoms with Crippen molar-refractivity contribution in [3.63, 3.8) is 0 Å². The van der Waals surface area contributed by atoms with Crippen molar-refractivity contribution in [3.8, 4) is 0 Å². The van der Waals surface area contributed by atoms with E-state index in [0.717, 1.165) is 30.4 Å². The van der Waals surface area contributed by atoms with E-state index in [4.69, 9.17) is 23.7 Å². The minimum atomic E-state index is -0.867. The zero-order valence-corrected chi connectivity index (χ0v) is 20.7. The zero-order chi connectivity index (χ0) is 24.6. The third-order valence-corrected chi connectivity index (χ3v) is 8.19. The molecule has 2 fully saturated rings. The van der Waals surface area contributed by atoms with Crippen LogP contribution in [0.2, 0.25) is 0 Å². The van der Waals surface area contributed by atoms with E-state index in [-0.39, 0.29) is 29.3 Å². The van der Waals surface area contributed by atoms with Gasteiger partial charge in [-0.25, -0.2) is 0 Å². The Morgan fingerprint density at radius 2 is 1.85 bits per heavy atom. The molecule has 0 radical (unpaired) electrons. The van der Waals surface area contributed by atoms with Crippen molar-refractivity contribution in [3.05, 3.63) is 36.5 Å². The van der Waals surface area contributed by atoms with E-state index in [1.54, 1.807) is 20.3 Å². The Hall–Kier alpha value is -1.96. The molecule has 1 saturated heterocycles. The number of hydrogen-bond acceptors (Lipinski definition) is 7. The first-order valence-electron chi connectivity index (χ1n) is 11.6. The second kappa shape index (κ2) is 9.72. The Labute approximate surface area is 197 Å². The molecule has 8 atom stereocenters. The van der Waals surface area contributed by atoms with E-state index in [1.165, 1.54) is 13.8 Å². The maximum Gasteiger partial charge on any atom is 0.304 e. The summed E-state index contributed by atoms with van der Waals surface area (Å²) in [5.74, 6) is -0.554. The van der Waals surface area contributed by atoms with Gasteiger partial charge in [-0.15, -0.1) is 0 Å². The smallest absolute Gasteiger partial charge is 0.304 e. The molecule has 7 nitrogen and oxygen atoms in total. The summed E-state index contributed by atoms with van der Waals surface area (Å²) in [5.41, 5.74) is 0.840. The number of methoxy groups -OCH3 is 2. The molecule has 1 heterocycles. The van der Waals surface area contributed by atoms with Crippen LogP contribution in [0.5, 0.6) is 0 Å². The lowest BCUT2D eigenvalue weighted by Gasteiger charge is -2.61. The maximum absolute atomic E-state index is 12.1. The van der Waals surface area contributed by atoms with Crippen molar-refractivity contribution in [2.24, 2.45) is 22.7 Å². The van der Waals surface area contributed by atoms with Gasteiger partial charge in [0.05, 0.1) is 11.5 Å². The third-order valence-electron chi connectivity index (χ3n) is 8.19. The molecule has 0 aromatic heterocycles. The normalized spacial score (nSPS) is 39.6. The van der Waals surface area contributed by atoms with E-state index < -0.39 is 30.1 Å². The van der Waals surface area contributed by atoms with E-state index in [9.17, 15) is 9.59 Å². The largest absolute Gasteiger partial charge is 0.458 e. The van der Waals surface area contributed by atoms with E-state index >= 15 is 0 Å². The van der Waals surface area contributed by atoms with Gasteiger partial charge < -0.3 is 23.7 Å². The van der Waals surface area contributed by atoms with Crippen LogP contribution >= 0.6 is 0 Å². The number of allylic oxidation sites excluding steroid dienone is 2. The van der Waals surface area contributed by atoms with Crippen molar-refractivity contribution in [1.29, 1.82) is 0 Å². The fraction of sp³-hybridized carbons (Fsp3) is 0.692. The highest BCUT2D eigenvalue weighted by atomic mass is 16.8. The minimum Gasteiger partial charge on any atom is -0.458 e. The molecule has 7 heteroatoms. The van der Waals surface area contributed by atoms with Gasteiger partial charge in [0.2, 0.25) is 6.29 Å². The minimum absolute atomic E-state index is 0.0647. The second-order valence-corrected chi connectivity index (χ2v) is 9.87. The Bertz CT molecular complexity index is 832. The molecule has 3 rings (SSSR count). The van der Waals surface area contributed by atoms with Crippen molar-refractivity contribution in [2.45, 2.75) is 78.2 Å². The first kappa shape index (κ1) is 25.7. The van der Waals surface area contributed by atoms with Crippen LogP contribution in [0, 0.1) is 22.7 Å². The fourth-order valence-electron chi connectivity index (χ4n) is 6.43. The summed E-state index contributed by atoms with van der Waals surface area (Å²) >= 11 is 0. The summed E-state index contributed by atoms with van der Waals surface area (Å²) in [7, 11) is 3.24. The van der Waals surface area contributed by atoms with Crippen molar-refractivity contribution < 1.29 is 33.3 Å². The van der Waals surface area contributed by atoms with Gasteiger partial charge in [0, 0.05) is 33.6 Å². The fourth-order valence-corrected chi connectivity index (χ4v) is 6.43. The lowest BCUT2D eigenvalue weighted by Crippen LogP contribution is -2.63. The number of ether oxygens (including phenoxy) is 5.